The van der Waals surface area contributed by atoms with Gasteiger partial charge < -0.3 is 5.32 Å². The molecule has 3 heterocycles. The van der Waals surface area contributed by atoms with E-state index in [9.17, 15) is 4.79 Å². The standard InChI is InChI=1S/C15H13N3OS2/c1-10-4-5-16-13(7-10)18-14(19)8-11-9-21-15(17-11)12-3-2-6-20-12/h2-7,9H,8H2,1H3,(H,16,18,19). The number of nitrogens with zero attached hydrogens (tertiary/aromatic N) is 2. The van der Waals surface area contributed by atoms with Crippen molar-refractivity contribution in [1.82, 2.24) is 9.97 Å². The fraction of sp³-hybridized carbons (Fsp3) is 0.133. The smallest absolute Gasteiger partial charge is 0.231 e. The molecule has 21 heavy (non-hydrogen) atoms. The quantitative estimate of drug-likeness (QED) is 0.797. The van der Waals surface area contributed by atoms with Crippen LogP contribution < -0.4 is 5.32 Å². The van der Waals surface area contributed by atoms with Gasteiger partial charge in [0.15, 0.2) is 0 Å². The maximum Gasteiger partial charge on any atom is 0.231 e. The van der Waals surface area contributed by atoms with Crippen LogP contribution >= 0.6 is 22.7 Å². The third-order valence-corrected chi connectivity index (χ3v) is 4.74. The Morgan fingerprint density at radius 1 is 1.33 bits per heavy atom. The fourth-order valence-corrected chi connectivity index (χ4v) is 3.49. The molecule has 0 bridgehead atoms. The van der Waals surface area contributed by atoms with Crippen molar-refractivity contribution >= 4 is 34.4 Å². The third-order valence-electron chi connectivity index (χ3n) is 2.81. The van der Waals surface area contributed by atoms with Gasteiger partial charge in [-0.3, -0.25) is 4.79 Å². The molecule has 106 valence electrons. The Kier molecular flexibility index (Phi) is 4.08. The minimum absolute atomic E-state index is 0.101. The first kappa shape index (κ1) is 13.9. The summed E-state index contributed by atoms with van der Waals surface area (Å²) in [5.41, 5.74) is 1.85. The molecule has 3 aromatic rings. The Balaban J connectivity index is 1.65. The van der Waals surface area contributed by atoms with E-state index in [4.69, 9.17) is 0 Å². The first-order valence-corrected chi connectivity index (χ1v) is 8.17. The van der Waals surface area contributed by atoms with Crippen LogP contribution in [0.2, 0.25) is 0 Å². The van der Waals surface area contributed by atoms with Crippen molar-refractivity contribution in [2.75, 3.05) is 5.32 Å². The van der Waals surface area contributed by atoms with Gasteiger partial charge in [0.1, 0.15) is 10.8 Å². The van der Waals surface area contributed by atoms with E-state index in [0.717, 1.165) is 21.1 Å². The lowest BCUT2D eigenvalue weighted by molar-refractivity contribution is -0.115. The summed E-state index contributed by atoms with van der Waals surface area (Å²) in [7, 11) is 0. The second kappa shape index (κ2) is 6.15. The van der Waals surface area contributed by atoms with Crippen LogP contribution in [0, 0.1) is 6.92 Å². The maximum atomic E-state index is 12.0. The van der Waals surface area contributed by atoms with Crippen molar-refractivity contribution in [2.45, 2.75) is 13.3 Å². The Morgan fingerprint density at radius 2 is 2.24 bits per heavy atom. The average molecular weight is 315 g/mol. The summed E-state index contributed by atoms with van der Waals surface area (Å²) in [5.74, 6) is 0.477. The molecule has 0 spiro atoms. The molecule has 3 rings (SSSR count). The molecule has 6 heteroatoms. The van der Waals surface area contributed by atoms with E-state index in [-0.39, 0.29) is 12.3 Å². The number of rotatable bonds is 4. The van der Waals surface area contributed by atoms with Crippen molar-refractivity contribution in [2.24, 2.45) is 0 Å². The number of aromatic nitrogens is 2. The predicted molar refractivity (Wildman–Crippen MR) is 86.7 cm³/mol. The number of nitrogens with one attached hydrogen (secondary N) is 1. The predicted octanol–water partition coefficient (Wildman–Crippen LogP) is 3.76. The van der Waals surface area contributed by atoms with E-state index in [1.54, 1.807) is 28.9 Å². The molecule has 0 aliphatic heterocycles. The summed E-state index contributed by atoms with van der Waals surface area (Å²) in [6.45, 7) is 1.96. The molecule has 0 aromatic carbocycles. The van der Waals surface area contributed by atoms with Gasteiger partial charge in [0.2, 0.25) is 5.91 Å². The number of hydrogen-bond donors (Lipinski definition) is 1. The van der Waals surface area contributed by atoms with Crippen molar-refractivity contribution in [3.05, 3.63) is 52.5 Å². The van der Waals surface area contributed by atoms with Crippen LogP contribution in [0.15, 0.2) is 41.2 Å². The number of amides is 1. The van der Waals surface area contributed by atoms with Gasteiger partial charge in [0.05, 0.1) is 17.0 Å². The van der Waals surface area contributed by atoms with Crippen molar-refractivity contribution in [3.8, 4) is 9.88 Å². The lowest BCUT2D eigenvalue weighted by Crippen LogP contribution is -2.15. The summed E-state index contributed by atoms with van der Waals surface area (Å²) in [4.78, 5) is 21.8. The summed E-state index contributed by atoms with van der Waals surface area (Å²) in [6.07, 6.45) is 1.94. The van der Waals surface area contributed by atoms with E-state index >= 15 is 0 Å². The summed E-state index contributed by atoms with van der Waals surface area (Å²) < 4.78 is 0. The van der Waals surface area contributed by atoms with Gasteiger partial charge in [-0.15, -0.1) is 22.7 Å². The molecule has 0 saturated heterocycles. The van der Waals surface area contributed by atoms with Crippen molar-refractivity contribution in [3.63, 3.8) is 0 Å². The number of aryl methyl sites for hydroxylation is 1. The lowest BCUT2D eigenvalue weighted by atomic mass is 10.3. The molecule has 3 aromatic heterocycles. The van der Waals surface area contributed by atoms with Crippen molar-refractivity contribution < 1.29 is 4.79 Å². The second-order valence-electron chi connectivity index (χ2n) is 4.56. The number of hydrogen-bond acceptors (Lipinski definition) is 5. The van der Waals surface area contributed by atoms with Crippen LogP contribution in [-0.2, 0) is 11.2 Å². The van der Waals surface area contributed by atoms with Crippen LogP contribution in [0.25, 0.3) is 9.88 Å². The first-order chi connectivity index (χ1) is 10.2. The number of anilines is 1. The number of carbonyl (C=O) groups is 1. The number of thiophene rings is 1. The average Bonchev–Trinajstić information content (AvgIpc) is 3.08. The Labute approximate surface area is 130 Å². The SMILES string of the molecule is Cc1ccnc(NC(=O)Cc2csc(-c3cccs3)n2)c1. The molecule has 4 nitrogen and oxygen atoms in total. The van der Waals surface area contributed by atoms with Gasteiger partial charge in [-0.25, -0.2) is 9.97 Å². The summed E-state index contributed by atoms with van der Waals surface area (Å²) in [6, 6.07) is 7.76. The fourth-order valence-electron chi connectivity index (χ4n) is 1.86. The van der Waals surface area contributed by atoms with Gasteiger partial charge in [0.25, 0.3) is 0 Å². The zero-order chi connectivity index (χ0) is 14.7. The molecule has 0 fully saturated rings. The molecule has 0 saturated carbocycles. The Bertz CT molecular complexity index is 750. The van der Waals surface area contributed by atoms with E-state index in [0.29, 0.717) is 5.82 Å². The molecule has 1 amide bonds. The van der Waals surface area contributed by atoms with Crippen LogP contribution in [0.1, 0.15) is 11.3 Å². The molecule has 0 aliphatic rings. The highest BCUT2D eigenvalue weighted by Crippen LogP contribution is 2.27. The van der Waals surface area contributed by atoms with Gasteiger partial charge in [0, 0.05) is 11.6 Å². The zero-order valence-electron chi connectivity index (χ0n) is 11.4. The molecular weight excluding hydrogens is 302 g/mol. The van der Waals surface area contributed by atoms with E-state index in [1.165, 1.54) is 0 Å². The molecule has 1 N–H and O–H groups in total. The van der Waals surface area contributed by atoms with Gasteiger partial charge in [-0.2, -0.15) is 0 Å². The molecule has 0 atom stereocenters. The highest BCUT2D eigenvalue weighted by Gasteiger charge is 2.10. The first-order valence-electron chi connectivity index (χ1n) is 6.41. The minimum atomic E-state index is -0.101. The van der Waals surface area contributed by atoms with E-state index in [1.807, 2.05) is 41.9 Å². The number of thiazole rings is 1. The maximum absolute atomic E-state index is 12.0. The summed E-state index contributed by atoms with van der Waals surface area (Å²) >= 11 is 3.21. The van der Waals surface area contributed by atoms with Crippen LogP contribution in [0.3, 0.4) is 0 Å². The highest BCUT2D eigenvalue weighted by atomic mass is 32.1. The molecule has 0 radical (unpaired) electrons. The Hall–Kier alpha value is -2.05. The molecular formula is C15H13N3OS2. The minimum Gasteiger partial charge on any atom is -0.310 e. The largest absolute Gasteiger partial charge is 0.310 e. The van der Waals surface area contributed by atoms with E-state index in [2.05, 4.69) is 15.3 Å². The monoisotopic (exact) mass is 315 g/mol. The summed E-state index contributed by atoms with van der Waals surface area (Å²) in [5, 5.41) is 7.70. The normalized spacial score (nSPS) is 10.5. The molecule has 0 unspecified atom stereocenters. The third kappa shape index (κ3) is 3.53. The second-order valence-corrected chi connectivity index (χ2v) is 6.37. The van der Waals surface area contributed by atoms with Crippen LogP contribution in [0.5, 0.6) is 0 Å². The lowest BCUT2D eigenvalue weighted by Gasteiger charge is -2.03. The van der Waals surface area contributed by atoms with Crippen molar-refractivity contribution in [1.29, 1.82) is 0 Å². The van der Waals surface area contributed by atoms with Crippen LogP contribution in [0.4, 0.5) is 5.82 Å². The zero-order valence-corrected chi connectivity index (χ0v) is 13.0. The van der Waals surface area contributed by atoms with Crippen LogP contribution in [-0.4, -0.2) is 15.9 Å². The van der Waals surface area contributed by atoms with Gasteiger partial charge in [-0.05, 0) is 36.1 Å². The topological polar surface area (TPSA) is 54.9 Å². The highest BCUT2D eigenvalue weighted by molar-refractivity contribution is 7.20. The van der Waals surface area contributed by atoms with Gasteiger partial charge >= 0.3 is 0 Å². The van der Waals surface area contributed by atoms with Gasteiger partial charge in [-0.1, -0.05) is 6.07 Å². The number of pyridine rings is 1. The van der Waals surface area contributed by atoms with E-state index < -0.39 is 0 Å². The molecule has 0 aliphatic carbocycles. The number of carbonyl (C=O) groups excluding carboxylic acids is 1. The Morgan fingerprint density at radius 3 is 3.00 bits per heavy atom.